The number of carbonyl (C=O) groups is 2. The predicted molar refractivity (Wildman–Crippen MR) is 93.6 cm³/mol. The van der Waals surface area contributed by atoms with Crippen LogP contribution in [0.1, 0.15) is 37.3 Å². The van der Waals surface area contributed by atoms with E-state index in [0.29, 0.717) is 0 Å². The lowest BCUT2D eigenvalue weighted by atomic mass is 9.90. The van der Waals surface area contributed by atoms with Crippen molar-refractivity contribution in [3.63, 3.8) is 0 Å². The van der Waals surface area contributed by atoms with Gasteiger partial charge in [-0.1, -0.05) is 60.7 Å². The maximum Gasteiger partial charge on any atom is 0.307 e. The molecule has 0 aliphatic rings. The Kier molecular flexibility index (Phi) is 6.55. The molecule has 126 valence electrons. The topological polar surface area (TPSA) is 55.4 Å². The molecule has 24 heavy (non-hydrogen) atoms. The third-order valence-electron chi connectivity index (χ3n) is 3.52. The van der Waals surface area contributed by atoms with Gasteiger partial charge in [0.1, 0.15) is 0 Å². The molecule has 2 rings (SSSR count). The first-order chi connectivity index (χ1) is 11.6. The summed E-state index contributed by atoms with van der Waals surface area (Å²) in [6.45, 7) is 3.87. The molecule has 2 aromatic carbocycles. The van der Waals surface area contributed by atoms with Crippen LogP contribution in [0.4, 0.5) is 0 Å². The highest BCUT2D eigenvalue weighted by Gasteiger charge is 2.22. The van der Waals surface area contributed by atoms with E-state index in [-0.39, 0.29) is 30.9 Å². The Balaban J connectivity index is 2.05. The number of nitrogens with one attached hydrogen (secondary N) is 1. The van der Waals surface area contributed by atoms with Crippen molar-refractivity contribution in [3.05, 3.63) is 71.8 Å². The van der Waals surface area contributed by atoms with Crippen LogP contribution < -0.4 is 5.32 Å². The van der Waals surface area contributed by atoms with E-state index in [2.05, 4.69) is 5.32 Å². The lowest BCUT2D eigenvalue weighted by Gasteiger charge is -2.18. The molecule has 0 bridgehead atoms. The molecule has 0 heterocycles. The Bertz CT molecular complexity index is 614. The van der Waals surface area contributed by atoms with Gasteiger partial charge in [0, 0.05) is 6.54 Å². The van der Waals surface area contributed by atoms with Crippen LogP contribution >= 0.6 is 0 Å². The second-order valence-corrected chi connectivity index (χ2v) is 5.83. The first-order valence-corrected chi connectivity index (χ1v) is 8.15. The Morgan fingerprint density at radius 2 is 1.42 bits per heavy atom. The van der Waals surface area contributed by atoms with Gasteiger partial charge in [-0.15, -0.1) is 0 Å². The zero-order valence-corrected chi connectivity index (χ0v) is 14.1. The summed E-state index contributed by atoms with van der Waals surface area (Å²) >= 11 is 0. The molecule has 0 fully saturated rings. The van der Waals surface area contributed by atoms with E-state index >= 15 is 0 Å². The number of amides is 1. The summed E-state index contributed by atoms with van der Waals surface area (Å²) in [5, 5.41) is 2.84. The van der Waals surface area contributed by atoms with Crippen molar-refractivity contribution in [2.24, 2.45) is 0 Å². The van der Waals surface area contributed by atoms with Crippen molar-refractivity contribution in [3.8, 4) is 0 Å². The van der Waals surface area contributed by atoms with Gasteiger partial charge in [0.15, 0.2) is 0 Å². The van der Waals surface area contributed by atoms with E-state index < -0.39 is 5.92 Å². The number of esters is 1. The van der Waals surface area contributed by atoms with Gasteiger partial charge in [-0.3, -0.25) is 9.59 Å². The van der Waals surface area contributed by atoms with Crippen LogP contribution in [0.15, 0.2) is 60.7 Å². The first kappa shape index (κ1) is 17.7. The van der Waals surface area contributed by atoms with Crippen molar-refractivity contribution in [2.75, 3.05) is 6.54 Å². The van der Waals surface area contributed by atoms with Gasteiger partial charge in [-0.25, -0.2) is 0 Å². The summed E-state index contributed by atoms with van der Waals surface area (Å²) in [6, 6.07) is 19.2. The monoisotopic (exact) mass is 325 g/mol. The normalized spacial score (nSPS) is 10.7. The Hall–Kier alpha value is -2.62. The van der Waals surface area contributed by atoms with Gasteiger partial charge in [0.05, 0.1) is 18.4 Å². The van der Waals surface area contributed by atoms with Crippen LogP contribution in [0.3, 0.4) is 0 Å². The molecule has 4 nitrogen and oxygen atoms in total. The zero-order valence-electron chi connectivity index (χ0n) is 14.1. The minimum absolute atomic E-state index is 0.121. The fraction of sp³-hybridized carbons (Fsp3) is 0.300. The SMILES string of the molecule is CC(C)OC(=O)CCNC(=O)C(c1ccccc1)c1ccccc1. The average Bonchev–Trinajstić information content (AvgIpc) is 2.56. The average molecular weight is 325 g/mol. The molecule has 0 aliphatic carbocycles. The van der Waals surface area contributed by atoms with Crippen LogP contribution in [0.25, 0.3) is 0 Å². The Labute approximate surface area is 142 Å². The molecule has 4 heteroatoms. The van der Waals surface area contributed by atoms with Gasteiger partial charge in [-0.05, 0) is 25.0 Å². The highest BCUT2D eigenvalue weighted by molar-refractivity contribution is 5.87. The molecule has 0 radical (unpaired) electrons. The second-order valence-electron chi connectivity index (χ2n) is 5.83. The lowest BCUT2D eigenvalue weighted by molar-refractivity contribution is -0.147. The molecular formula is C20H23NO3. The predicted octanol–water partition coefficient (Wildman–Crippen LogP) is 3.28. The van der Waals surface area contributed by atoms with Crippen LogP contribution in [-0.4, -0.2) is 24.5 Å². The molecule has 0 aliphatic heterocycles. The van der Waals surface area contributed by atoms with Crippen LogP contribution in [-0.2, 0) is 14.3 Å². The number of benzene rings is 2. The zero-order chi connectivity index (χ0) is 17.4. The van der Waals surface area contributed by atoms with E-state index in [0.717, 1.165) is 11.1 Å². The molecule has 0 saturated carbocycles. The van der Waals surface area contributed by atoms with E-state index in [1.807, 2.05) is 60.7 Å². The quantitative estimate of drug-likeness (QED) is 0.795. The second kappa shape index (κ2) is 8.87. The summed E-state index contributed by atoms with van der Waals surface area (Å²) in [6.07, 6.45) is 0.0230. The van der Waals surface area contributed by atoms with Crippen LogP contribution in [0.2, 0.25) is 0 Å². The molecule has 2 aromatic rings. The third-order valence-corrected chi connectivity index (χ3v) is 3.52. The molecule has 0 saturated heterocycles. The van der Waals surface area contributed by atoms with Gasteiger partial charge >= 0.3 is 5.97 Å². The summed E-state index contributed by atoms with van der Waals surface area (Å²) in [7, 11) is 0. The molecule has 0 aromatic heterocycles. The maximum absolute atomic E-state index is 12.7. The fourth-order valence-electron chi connectivity index (χ4n) is 2.50. The number of rotatable bonds is 7. The molecule has 0 spiro atoms. The van der Waals surface area contributed by atoms with Crippen molar-refractivity contribution in [1.82, 2.24) is 5.32 Å². The highest BCUT2D eigenvalue weighted by atomic mass is 16.5. The minimum Gasteiger partial charge on any atom is -0.463 e. The number of carbonyl (C=O) groups excluding carboxylic acids is 2. The summed E-state index contributed by atoms with van der Waals surface area (Å²) in [5.74, 6) is -0.820. The van der Waals surface area contributed by atoms with Crippen LogP contribution in [0.5, 0.6) is 0 Å². The fourth-order valence-corrected chi connectivity index (χ4v) is 2.50. The summed E-state index contributed by atoms with van der Waals surface area (Å²) < 4.78 is 5.07. The van der Waals surface area contributed by atoms with Crippen molar-refractivity contribution >= 4 is 11.9 Å². The molecule has 1 N–H and O–H groups in total. The first-order valence-electron chi connectivity index (χ1n) is 8.15. The molecule has 0 atom stereocenters. The van der Waals surface area contributed by atoms with E-state index in [1.54, 1.807) is 13.8 Å². The highest BCUT2D eigenvalue weighted by Crippen LogP contribution is 2.24. The standard InChI is InChI=1S/C20H23NO3/c1-15(2)24-18(22)13-14-21-20(23)19(16-9-5-3-6-10-16)17-11-7-4-8-12-17/h3-12,15,19H,13-14H2,1-2H3,(H,21,23). The summed E-state index contributed by atoms with van der Waals surface area (Å²) in [4.78, 5) is 24.3. The number of ether oxygens (including phenoxy) is 1. The molecular weight excluding hydrogens is 302 g/mol. The van der Waals surface area contributed by atoms with Crippen molar-refractivity contribution < 1.29 is 14.3 Å². The van der Waals surface area contributed by atoms with Crippen LogP contribution in [0, 0.1) is 0 Å². The molecule has 0 unspecified atom stereocenters. The lowest BCUT2D eigenvalue weighted by Crippen LogP contribution is -2.32. The largest absolute Gasteiger partial charge is 0.463 e. The minimum atomic E-state index is -0.395. The summed E-state index contributed by atoms with van der Waals surface area (Å²) in [5.41, 5.74) is 1.84. The van der Waals surface area contributed by atoms with Gasteiger partial charge < -0.3 is 10.1 Å². The van der Waals surface area contributed by atoms with E-state index in [4.69, 9.17) is 4.74 Å². The Morgan fingerprint density at radius 1 is 0.917 bits per heavy atom. The number of hydrogen-bond acceptors (Lipinski definition) is 3. The van der Waals surface area contributed by atoms with Crippen molar-refractivity contribution in [1.29, 1.82) is 0 Å². The van der Waals surface area contributed by atoms with E-state index in [9.17, 15) is 9.59 Å². The Morgan fingerprint density at radius 3 is 1.88 bits per heavy atom. The maximum atomic E-state index is 12.7. The smallest absolute Gasteiger partial charge is 0.307 e. The molecule has 1 amide bonds. The van der Waals surface area contributed by atoms with Gasteiger partial charge in [-0.2, -0.15) is 0 Å². The van der Waals surface area contributed by atoms with Gasteiger partial charge in [0.2, 0.25) is 5.91 Å². The van der Waals surface area contributed by atoms with E-state index in [1.165, 1.54) is 0 Å². The number of hydrogen-bond donors (Lipinski definition) is 1. The van der Waals surface area contributed by atoms with Gasteiger partial charge in [0.25, 0.3) is 0 Å². The van der Waals surface area contributed by atoms with Crippen molar-refractivity contribution in [2.45, 2.75) is 32.3 Å². The third kappa shape index (κ3) is 5.23.